The molecule has 1 aliphatic rings. The van der Waals surface area contributed by atoms with Gasteiger partial charge < -0.3 is 14.3 Å². The number of piperazine rings is 1. The van der Waals surface area contributed by atoms with Gasteiger partial charge in [0.25, 0.3) is 11.5 Å². The van der Waals surface area contributed by atoms with E-state index in [1.807, 2.05) is 31.2 Å². The van der Waals surface area contributed by atoms with E-state index in [0.717, 1.165) is 22.0 Å². The first-order valence-electron chi connectivity index (χ1n) is 12.7. The first kappa shape index (κ1) is 24.7. The number of aromatic nitrogens is 5. The largest absolute Gasteiger partial charge is 0.459 e. The smallest absolute Gasteiger partial charge is 0.289 e. The second-order valence-electron chi connectivity index (χ2n) is 9.67. The van der Waals surface area contributed by atoms with Crippen molar-refractivity contribution >= 4 is 16.8 Å². The summed E-state index contributed by atoms with van der Waals surface area (Å²) in [6.07, 6.45) is 1.48. The minimum atomic E-state index is -0.574. The number of amides is 1. The van der Waals surface area contributed by atoms with Gasteiger partial charge in [-0.15, -0.1) is 5.10 Å². The molecule has 3 aromatic heterocycles. The van der Waals surface area contributed by atoms with Crippen LogP contribution in [0.5, 0.6) is 0 Å². The van der Waals surface area contributed by atoms with Crippen LogP contribution in [-0.4, -0.2) is 67.1 Å². The highest BCUT2D eigenvalue weighted by Gasteiger charge is 2.34. The summed E-state index contributed by atoms with van der Waals surface area (Å²) in [5.74, 6) is 0.289. The van der Waals surface area contributed by atoms with Crippen molar-refractivity contribution < 1.29 is 13.6 Å². The Morgan fingerprint density at radius 3 is 2.62 bits per heavy atom. The fourth-order valence-corrected chi connectivity index (χ4v) is 5.07. The number of aromatic amines is 1. The molecule has 0 saturated carbocycles. The molecule has 1 aliphatic heterocycles. The van der Waals surface area contributed by atoms with E-state index >= 15 is 0 Å². The first-order valence-corrected chi connectivity index (χ1v) is 12.7. The second-order valence-corrected chi connectivity index (χ2v) is 9.67. The van der Waals surface area contributed by atoms with Crippen molar-refractivity contribution in [3.63, 3.8) is 0 Å². The van der Waals surface area contributed by atoms with E-state index in [4.69, 9.17) is 4.42 Å². The van der Waals surface area contributed by atoms with Crippen LogP contribution in [0.4, 0.5) is 4.39 Å². The van der Waals surface area contributed by atoms with Crippen LogP contribution >= 0.6 is 0 Å². The number of benzene rings is 2. The van der Waals surface area contributed by atoms with Gasteiger partial charge in [0.2, 0.25) is 0 Å². The van der Waals surface area contributed by atoms with Crippen LogP contribution < -0.4 is 5.56 Å². The first-order chi connectivity index (χ1) is 19.0. The zero-order valence-corrected chi connectivity index (χ0v) is 21.2. The minimum Gasteiger partial charge on any atom is -0.459 e. The van der Waals surface area contributed by atoms with Crippen LogP contribution in [0, 0.1) is 12.7 Å². The van der Waals surface area contributed by atoms with Crippen molar-refractivity contribution in [1.82, 2.24) is 35.0 Å². The number of aryl methyl sites for hydroxylation is 1. The summed E-state index contributed by atoms with van der Waals surface area (Å²) >= 11 is 0. The Kier molecular flexibility index (Phi) is 6.49. The van der Waals surface area contributed by atoms with Crippen molar-refractivity contribution in [2.45, 2.75) is 19.5 Å². The van der Waals surface area contributed by atoms with E-state index in [0.29, 0.717) is 49.9 Å². The number of furan rings is 1. The maximum Gasteiger partial charge on any atom is 0.289 e. The highest BCUT2D eigenvalue weighted by atomic mass is 19.1. The Morgan fingerprint density at radius 2 is 1.87 bits per heavy atom. The van der Waals surface area contributed by atoms with Crippen LogP contribution in [0.15, 0.2) is 76.1 Å². The molecule has 11 heteroatoms. The molecule has 2 aromatic carbocycles. The third-order valence-electron chi connectivity index (χ3n) is 7.07. The van der Waals surface area contributed by atoms with Gasteiger partial charge in [-0.1, -0.05) is 23.8 Å². The van der Waals surface area contributed by atoms with Gasteiger partial charge in [-0.25, -0.2) is 9.07 Å². The van der Waals surface area contributed by atoms with E-state index < -0.39 is 6.04 Å². The Labute approximate surface area is 222 Å². The van der Waals surface area contributed by atoms with Crippen LogP contribution in [-0.2, 0) is 6.54 Å². The number of hydrogen-bond acceptors (Lipinski definition) is 7. The summed E-state index contributed by atoms with van der Waals surface area (Å²) in [6.45, 7) is 4.18. The molecule has 1 amide bonds. The summed E-state index contributed by atoms with van der Waals surface area (Å²) in [4.78, 5) is 33.2. The van der Waals surface area contributed by atoms with Gasteiger partial charge in [0.1, 0.15) is 11.9 Å². The number of hydrogen-bond donors (Lipinski definition) is 1. The molecule has 39 heavy (non-hydrogen) atoms. The molecule has 0 bridgehead atoms. The lowest BCUT2D eigenvalue weighted by Gasteiger charge is -2.38. The number of H-pyrrole nitrogens is 1. The molecule has 0 aliphatic carbocycles. The van der Waals surface area contributed by atoms with Crippen LogP contribution in [0.25, 0.3) is 10.9 Å². The number of fused-ring (bicyclic) bond motifs is 1. The van der Waals surface area contributed by atoms with Crippen molar-refractivity contribution in [2.75, 3.05) is 26.2 Å². The number of rotatable bonds is 6. The lowest BCUT2D eigenvalue weighted by atomic mass is 10.0. The normalized spacial score (nSPS) is 15.1. The predicted molar refractivity (Wildman–Crippen MR) is 141 cm³/mol. The van der Waals surface area contributed by atoms with Crippen LogP contribution in [0.1, 0.15) is 39.1 Å². The zero-order chi connectivity index (χ0) is 26.9. The van der Waals surface area contributed by atoms with Crippen molar-refractivity contribution in [2.24, 2.45) is 0 Å². The van der Waals surface area contributed by atoms with Crippen LogP contribution in [0.3, 0.4) is 0 Å². The lowest BCUT2D eigenvalue weighted by molar-refractivity contribution is 0.0558. The van der Waals surface area contributed by atoms with Crippen molar-refractivity contribution in [3.05, 3.63) is 111 Å². The average Bonchev–Trinajstić information content (AvgIpc) is 3.64. The molecule has 198 valence electrons. The maximum absolute atomic E-state index is 13.5. The number of tetrazole rings is 1. The second kappa shape index (κ2) is 10.3. The highest BCUT2D eigenvalue weighted by molar-refractivity contribution is 5.91. The fourth-order valence-electron chi connectivity index (χ4n) is 5.07. The number of nitrogens with zero attached hydrogens (tertiary/aromatic N) is 6. The Balaban J connectivity index is 1.37. The molecule has 0 unspecified atom stereocenters. The number of nitrogens with one attached hydrogen (secondary N) is 1. The molecule has 1 saturated heterocycles. The van der Waals surface area contributed by atoms with E-state index in [9.17, 15) is 14.0 Å². The average molecular weight is 528 g/mol. The highest BCUT2D eigenvalue weighted by Crippen LogP contribution is 2.28. The van der Waals surface area contributed by atoms with Gasteiger partial charge in [-0.05, 0) is 70.8 Å². The number of carbonyl (C=O) groups is 1. The molecule has 1 fully saturated rings. The fraction of sp³-hybridized carbons (Fsp3) is 0.250. The standard InChI is InChI=1S/C28H26FN7O3/c1-18-4-9-23-20(15-18)16-22(27(37)30-23)25(26-31-32-33-36(26)17-19-5-7-21(29)8-6-19)34-10-12-35(13-11-34)28(38)24-3-2-14-39-24/h2-9,14-16,25H,10-13,17H2,1H3,(H,30,37)/t25-/m0/s1. The Bertz CT molecular complexity index is 1670. The van der Waals surface area contributed by atoms with Gasteiger partial charge in [0, 0.05) is 37.3 Å². The van der Waals surface area contributed by atoms with Gasteiger partial charge in [0.05, 0.1) is 12.8 Å². The van der Waals surface area contributed by atoms with Gasteiger partial charge >= 0.3 is 0 Å². The molecule has 5 aromatic rings. The summed E-state index contributed by atoms with van der Waals surface area (Å²) in [7, 11) is 0. The molecule has 10 nitrogen and oxygen atoms in total. The molecule has 0 spiro atoms. The molecule has 4 heterocycles. The van der Waals surface area contributed by atoms with E-state index in [2.05, 4.69) is 25.4 Å². The molecule has 1 atom stereocenters. The molecular formula is C28H26FN7O3. The van der Waals surface area contributed by atoms with E-state index in [-0.39, 0.29) is 17.3 Å². The number of pyridine rings is 1. The van der Waals surface area contributed by atoms with Gasteiger partial charge in [-0.3, -0.25) is 14.5 Å². The van der Waals surface area contributed by atoms with Gasteiger partial charge in [0.15, 0.2) is 11.6 Å². The van der Waals surface area contributed by atoms with Crippen molar-refractivity contribution in [1.29, 1.82) is 0 Å². The molecule has 6 rings (SSSR count). The summed E-state index contributed by atoms with van der Waals surface area (Å²) < 4.78 is 20.4. The summed E-state index contributed by atoms with van der Waals surface area (Å²) in [5, 5.41) is 13.4. The predicted octanol–water partition coefficient (Wildman–Crippen LogP) is 3.15. The molecule has 1 N–H and O–H groups in total. The topological polar surface area (TPSA) is 113 Å². The number of halogens is 1. The third-order valence-corrected chi connectivity index (χ3v) is 7.07. The minimum absolute atomic E-state index is 0.170. The van der Waals surface area contributed by atoms with Crippen molar-refractivity contribution in [3.8, 4) is 0 Å². The maximum atomic E-state index is 13.5. The van der Waals surface area contributed by atoms with Crippen LogP contribution in [0.2, 0.25) is 0 Å². The Morgan fingerprint density at radius 1 is 1.08 bits per heavy atom. The quantitative estimate of drug-likeness (QED) is 0.361. The number of carbonyl (C=O) groups excluding carboxylic acids is 1. The summed E-state index contributed by atoms with van der Waals surface area (Å²) in [5.41, 5.74) is 2.91. The summed E-state index contributed by atoms with van der Waals surface area (Å²) in [6, 6.07) is 16.7. The molecular weight excluding hydrogens is 501 g/mol. The van der Waals surface area contributed by atoms with E-state index in [1.165, 1.54) is 18.4 Å². The third kappa shape index (κ3) is 4.96. The Hall–Kier alpha value is -4.64. The zero-order valence-electron chi connectivity index (χ0n) is 21.2. The molecule has 0 radical (unpaired) electrons. The van der Waals surface area contributed by atoms with Gasteiger partial charge in [-0.2, -0.15) is 0 Å². The monoisotopic (exact) mass is 527 g/mol. The SMILES string of the molecule is Cc1ccc2[nH]c(=O)c([C@@H](c3nnnn3Cc3ccc(F)cc3)N3CCN(C(=O)c4ccco4)CC3)cc2c1. The van der Waals surface area contributed by atoms with E-state index in [1.54, 1.807) is 33.8 Å². The lowest BCUT2D eigenvalue weighted by Crippen LogP contribution is -2.50.